The van der Waals surface area contributed by atoms with Gasteiger partial charge in [-0.15, -0.1) is 0 Å². The van der Waals surface area contributed by atoms with Crippen LogP contribution in [0.1, 0.15) is 18.5 Å². The molecule has 0 bridgehead atoms. The van der Waals surface area contributed by atoms with Gasteiger partial charge >= 0.3 is 0 Å². The Morgan fingerprint density at radius 1 is 1.19 bits per heavy atom. The van der Waals surface area contributed by atoms with Crippen LogP contribution in [-0.2, 0) is 16.6 Å². The first kappa shape index (κ1) is 22.3. The molecule has 32 heavy (non-hydrogen) atoms. The summed E-state index contributed by atoms with van der Waals surface area (Å²) < 4.78 is 7.28. The van der Waals surface area contributed by atoms with Crippen LogP contribution >= 0.6 is 0 Å². The van der Waals surface area contributed by atoms with E-state index in [4.69, 9.17) is 9.73 Å². The zero-order chi connectivity index (χ0) is 22.3. The summed E-state index contributed by atoms with van der Waals surface area (Å²) in [6.45, 7) is 8.36. The third-order valence-corrected chi connectivity index (χ3v) is 5.94. The Morgan fingerprint density at radius 2 is 1.97 bits per heavy atom. The Balaban J connectivity index is 1.48. The number of amides is 1. The van der Waals surface area contributed by atoms with Crippen molar-refractivity contribution in [3.8, 4) is 0 Å². The fourth-order valence-electron chi connectivity index (χ4n) is 4.27. The van der Waals surface area contributed by atoms with Gasteiger partial charge in [0.1, 0.15) is 6.54 Å². The number of nitrogens with one attached hydrogen (secondary N) is 1. The number of nitrogens with zero attached hydrogens (tertiary/aromatic N) is 6. The number of hydrogen-bond donors (Lipinski definition) is 1. The Morgan fingerprint density at radius 3 is 2.62 bits per heavy atom. The number of guanidine groups is 1. The molecule has 9 heteroatoms. The Kier molecular flexibility index (Phi) is 7.39. The summed E-state index contributed by atoms with van der Waals surface area (Å²) in [6, 6.07) is 10.7. The van der Waals surface area contributed by atoms with E-state index in [1.807, 2.05) is 19.3 Å². The van der Waals surface area contributed by atoms with E-state index in [0.29, 0.717) is 19.6 Å². The van der Waals surface area contributed by atoms with Crippen molar-refractivity contribution in [1.82, 2.24) is 24.9 Å². The van der Waals surface area contributed by atoms with Gasteiger partial charge in [0, 0.05) is 46.0 Å². The maximum absolute atomic E-state index is 12.9. The smallest absolute Gasteiger partial charge is 0.246 e. The molecule has 172 valence electrons. The summed E-state index contributed by atoms with van der Waals surface area (Å²) in [6.07, 6.45) is 3.61. The molecule has 1 atom stereocenters. The quantitative estimate of drug-likeness (QED) is 0.537. The highest BCUT2D eigenvalue weighted by Crippen LogP contribution is 2.22. The van der Waals surface area contributed by atoms with Crippen molar-refractivity contribution in [2.24, 2.45) is 12.0 Å². The van der Waals surface area contributed by atoms with Crippen molar-refractivity contribution >= 4 is 17.6 Å². The predicted octanol–water partition coefficient (Wildman–Crippen LogP) is 1.11. The number of aliphatic imine (C=N–C) groups is 1. The molecule has 2 aromatic rings. The van der Waals surface area contributed by atoms with Crippen LogP contribution in [0.25, 0.3) is 0 Å². The van der Waals surface area contributed by atoms with Crippen LogP contribution in [0.4, 0.5) is 5.69 Å². The molecule has 1 unspecified atom stereocenters. The lowest BCUT2D eigenvalue weighted by Crippen LogP contribution is -2.55. The van der Waals surface area contributed by atoms with Crippen molar-refractivity contribution in [1.29, 1.82) is 0 Å². The Bertz CT molecular complexity index is 908. The largest absolute Gasteiger partial charge is 0.379 e. The molecule has 2 fully saturated rings. The lowest BCUT2D eigenvalue weighted by atomic mass is 10.0. The topological polar surface area (TPSA) is 78.2 Å². The number of aromatic nitrogens is 2. The average molecular weight is 440 g/mol. The van der Waals surface area contributed by atoms with E-state index in [2.05, 4.69) is 51.4 Å². The summed E-state index contributed by atoms with van der Waals surface area (Å²) in [5.41, 5.74) is 2.10. The van der Waals surface area contributed by atoms with Crippen LogP contribution in [0.3, 0.4) is 0 Å². The molecule has 1 N–H and O–H groups in total. The number of benzene rings is 1. The first-order chi connectivity index (χ1) is 15.7. The van der Waals surface area contributed by atoms with Crippen molar-refractivity contribution in [2.75, 3.05) is 63.9 Å². The van der Waals surface area contributed by atoms with Gasteiger partial charge in [-0.25, -0.2) is 0 Å². The van der Waals surface area contributed by atoms with Gasteiger partial charge in [-0.2, -0.15) is 5.10 Å². The molecule has 2 saturated heterocycles. The van der Waals surface area contributed by atoms with E-state index in [1.54, 1.807) is 15.8 Å². The van der Waals surface area contributed by atoms with E-state index in [1.165, 1.54) is 5.56 Å². The third kappa shape index (κ3) is 5.28. The van der Waals surface area contributed by atoms with Crippen LogP contribution < -0.4 is 10.2 Å². The highest BCUT2D eigenvalue weighted by atomic mass is 16.5. The van der Waals surface area contributed by atoms with E-state index in [-0.39, 0.29) is 11.9 Å². The van der Waals surface area contributed by atoms with E-state index >= 15 is 0 Å². The number of piperazine rings is 1. The monoisotopic (exact) mass is 439 g/mol. The van der Waals surface area contributed by atoms with Crippen LogP contribution in [0.2, 0.25) is 0 Å². The molecule has 9 nitrogen and oxygen atoms in total. The predicted molar refractivity (Wildman–Crippen MR) is 125 cm³/mol. The van der Waals surface area contributed by atoms with Gasteiger partial charge in [0.15, 0.2) is 5.96 Å². The molecule has 1 aromatic heterocycles. The van der Waals surface area contributed by atoms with Crippen LogP contribution in [0.5, 0.6) is 0 Å². The summed E-state index contributed by atoms with van der Waals surface area (Å²) in [7, 11) is 1.86. The van der Waals surface area contributed by atoms with Crippen molar-refractivity contribution in [3.63, 3.8) is 0 Å². The molecule has 2 aliphatic rings. The van der Waals surface area contributed by atoms with E-state index in [0.717, 1.165) is 51.0 Å². The van der Waals surface area contributed by atoms with Gasteiger partial charge in [0.2, 0.25) is 5.91 Å². The summed E-state index contributed by atoms with van der Waals surface area (Å²) in [5, 5.41) is 7.58. The van der Waals surface area contributed by atoms with Crippen LogP contribution in [0, 0.1) is 0 Å². The van der Waals surface area contributed by atoms with Crippen molar-refractivity contribution in [2.45, 2.75) is 13.0 Å². The zero-order valence-corrected chi connectivity index (χ0v) is 19.0. The molecule has 3 heterocycles. The highest BCUT2D eigenvalue weighted by Gasteiger charge is 2.28. The van der Waals surface area contributed by atoms with Crippen molar-refractivity contribution < 1.29 is 9.53 Å². The first-order valence-corrected chi connectivity index (χ1v) is 11.3. The second-order valence-electron chi connectivity index (χ2n) is 8.11. The number of morpholine rings is 1. The summed E-state index contributed by atoms with van der Waals surface area (Å²) in [4.78, 5) is 24.2. The average Bonchev–Trinajstić information content (AvgIpc) is 3.25. The second kappa shape index (κ2) is 10.6. The molecule has 4 rings (SSSR count). The summed E-state index contributed by atoms with van der Waals surface area (Å²) in [5.74, 6) is 0.850. The minimum atomic E-state index is 0.0580. The number of ether oxygens (including phenoxy) is 1. The SMILES string of the molecule is CCNC(=NCC(c1ccccc1)N1CCOCC1)N1CCN(c2cnn(C)c2)C(=O)C1. The Labute approximate surface area is 189 Å². The van der Waals surface area contributed by atoms with Gasteiger partial charge in [-0.05, 0) is 12.5 Å². The number of rotatable bonds is 6. The lowest BCUT2D eigenvalue weighted by Gasteiger charge is -2.36. The molecule has 0 saturated carbocycles. The van der Waals surface area contributed by atoms with Gasteiger partial charge in [-0.3, -0.25) is 19.4 Å². The van der Waals surface area contributed by atoms with Gasteiger partial charge < -0.3 is 19.9 Å². The van der Waals surface area contributed by atoms with Crippen LogP contribution in [-0.4, -0.2) is 90.5 Å². The number of anilines is 1. The fourth-order valence-corrected chi connectivity index (χ4v) is 4.27. The zero-order valence-electron chi connectivity index (χ0n) is 19.0. The minimum absolute atomic E-state index is 0.0580. The van der Waals surface area contributed by atoms with E-state index < -0.39 is 0 Å². The van der Waals surface area contributed by atoms with Gasteiger partial charge in [-0.1, -0.05) is 30.3 Å². The Hall–Kier alpha value is -2.91. The standard InChI is InChI=1S/C23H33N7O2/c1-3-24-23(29-9-10-30(22(31)18-29)20-15-26-27(2)17-20)25-16-21(19-7-5-4-6-8-19)28-11-13-32-14-12-28/h4-8,15,17,21H,3,9-14,16,18H2,1-2H3,(H,24,25). The maximum Gasteiger partial charge on any atom is 0.246 e. The summed E-state index contributed by atoms with van der Waals surface area (Å²) >= 11 is 0. The number of carbonyl (C=O) groups excluding carboxylic acids is 1. The van der Waals surface area contributed by atoms with Crippen molar-refractivity contribution in [3.05, 3.63) is 48.3 Å². The van der Waals surface area contributed by atoms with Gasteiger partial charge in [0.05, 0.1) is 37.7 Å². The molecule has 0 spiro atoms. The first-order valence-electron chi connectivity index (χ1n) is 11.3. The highest BCUT2D eigenvalue weighted by molar-refractivity contribution is 5.98. The lowest BCUT2D eigenvalue weighted by molar-refractivity contribution is -0.120. The molecular weight excluding hydrogens is 406 g/mol. The van der Waals surface area contributed by atoms with E-state index in [9.17, 15) is 4.79 Å². The molecular formula is C23H33N7O2. The third-order valence-electron chi connectivity index (χ3n) is 5.94. The molecule has 1 amide bonds. The number of aryl methyl sites for hydroxylation is 1. The molecule has 0 radical (unpaired) electrons. The molecule has 1 aromatic carbocycles. The number of hydrogen-bond acceptors (Lipinski definition) is 5. The van der Waals surface area contributed by atoms with Gasteiger partial charge in [0.25, 0.3) is 0 Å². The molecule has 0 aliphatic carbocycles. The normalized spacial score (nSPS) is 19.3. The second-order valence-corrected chi connectivity index (χ2v) is 8.11. The van der Waals surface area contributed by atoms with Crippen LogP contribution in [0.15, 0.2) is 47.7 Å². The minimum Gasteiger partial charge on any atom is -0.379 e. The molecule has 2 aliphatic heterocycles. The maximum atomic E-state index is 12.9. The fraction of sp³-hybridized carbons (Fsp3) is 0.522. The number of carbonyl (C=O) groups is 1.